The molecule has 6 heteroatoms. The van der Waals surface area contributed by atoms with Crippen LogP contribution in [0, 0.1) is 0 Å². The molecule has 1 aliphatic heterocycles. The van der Waals surface area contributed by atoms with E-state index in [2.05, 4.69) is 69.0 Å². The minimum absolute atomic E-state index is 0.00967. The third-order valence-electron chi connectivity index (χ3n) is 5.53. The summed E-state index contributed by atoms with van der Waals surface area (Å²) in [6, 6.07) is 20.5. The van der Waals surface area contributed by atoms with E-state index in [1.54, 1.807) is 0 Å². The van der Waals surface area contributed by atoms with Crippen molar-refractivity contribution >= 4 is 11.9 Å². The number of urea groups is 1. The molecular formula is C24H32N4O2. The molecule has 1 aliphatic rings. The fourth-order valence-corrected chi connectivity index (χ4v) is 3.95. The lowest BCUT2D eigenvalue weighted by Crippen LogP contribution is -2.56. The van der Waals surface area contributed by atoms with Crippen LogP contribution in [-0.2, 0) is 4.79 Å². The molecule has 30 heavy (non-hydrogen) atoms. The minimum Gasteiger partial charge on any atom is -0.336 e. The van der Waals surface area contributed by atoms with Gasteiger partial charge in [0.15, 0.2) is 0 Å². The van der Waals surface area contributed by atoms with E-state index in [4.69, 9.17) is 0 Å². The molecule has 3 rings (SSSR count). The van der Waals surface area contributed by atoms with Gasteiger partial charge in [-0.05, 0) is 31.9 Å². The Bertz CT molecular complexity index is 778. The fourth-order valence-electron chi connectivity index (χ4n) is 3.95. The van der Waals surface area contributed by atoms with E-state index >= 15 is 0 Å². The number of carbonyl (C=O) groups is 2. The monoisotopic (exact) mass is 408 g/mol. The summed E-state index contributed by atoms with van der Waals surface area (Å²) in [6.45, 7) is 8.84. The molecule has 160 valence electrons. The topological polar surface area (TPSA) is 64.7 Å². The number of imide groups is 1. The minimum atomic E-state index is -0.436. The van der Waals surface area contributed by atoms with Crippen molar-refractivity contribution in [3.05, 3.63) is 71.8 Å². The van der Waals surface area contributed by atoms with Crippen molar-refractivity contribution in [2.75, 3.05) is 26.2 Å². The maximum atomic E-state index is 12.5. The van der Waals surface area contributed by atoms with Crippen molar-refractivity contribution in [3.8, 4) is 0 Å². The van der Waals surface area contributed by atoms with E-state index in [-0.39, 0.29) is 24.0 Å². The van der Waals surface area contributed by atoms with Crippen LogP contribution in [-0.4, -0.2) is 60.0 Å². The zero-order valence-corrected chi connectivity index (χ0v) is 18.0. The first-order valence-electron chi connectivity index (χ1n) is 10.6. The molecule has 2 aromatic rings. The number of piperazine rings is 1. The summed E-state index contributed by atoms with van der Waals surface area (Å²) < 4.78 is 0. The molecule has 0 unspecified atom stereocenters. The average molecular weight is 409 g/mol. The van der Waals surface area contributed by atoms with Gasteiger partial charge in [0.1, 0.15) is 0 Å². The number of hydrogen-bond donors (Lipinski definition) is 2. The third kappa shape index (κ3) is 5.68. The summed E-state index contributed by atoms with van der Waals surface area (Å²) in [5.41, 5.74) is 2.54. The van der Waals surface area contributed by atoms with Gasteiger partial charge in [0.25, 0.3) is 0 Å². The van der Waals surface area contributed by atoms with Gasteiger partial charge >= 0.3 is 6.03 Å². The number of hydrogen-bond acceptors (Lipinski definition) is 4. The number of carbonyl (C=O) groups excluding carboxylic acids is 2. The van der Waals surface area contributed by atoms with Crippen LogP contribution in [0.2, 0.25) is 0 Å². The Morgan fingerprint density at radius 3 is 1.70 bits per heavy atom. The summed E-state index contributed by atoms with van der Waals surface area (Å²) in [6.07, 6.45) is 0. The molecule has 1 atom stereocenters. The van der Waals surface area contributed by atoms with Crippen LogP contribution in [0.25, 0.3) is 0 Å². The number of amides is 3. The first-order chi connectivity index (χ1) is 14.5. The van der Waals surface area contributed by atoms with Gasteiger partial charge in [0.2, 0.25) is 5.91 Å². The van der Waals surface area contributed by atoms with E-state index in [1.165, 1.54) is 11.1 Å². The van der Waals surface area contributed by atoms with E-state index in [0.717, 1.165) is 26.2 Å². The van der Waals surface area contributed by atoms with Crippen LogP contribution in [0.3, 0.4) is 0 Å². The molecule has 1 saturated heterocycles. The first-order valence-corrected chi connectivity index (χ1v) is 10.6. The maximum Gasteiger partial charge on any atom is 0.321 e. The van der Waals surface area contributed by atoms with Crippen molar-refractivity contribution in [1.82, 2.24) is 20.4 Å². The van der Waals surface area contributed by atoms with Gasteiger partial charge in [0, 0.05) is 32.2 Å². The third-order valence-corrected chi connectivity index (χ3v) is 5.53. The number of rotatable bonds is 6. The molecule has 0 aromatic heterocycles. The van der Waals surface area contributed by atoms with Gasteiger partial charge in [0.05, 0.1) is 12.1 Å². The van der Waals surface area contributed by atoms with Crippen molar-refractivity contribution in [3.63, 3.8) is 0 Å². The first kappa shape index (κ1) is 22.0. The second kappa shape index (κ2) is 10.4. The van der Waals surface area contributed by atoms with Crippen LogP contribution < -0.4 is 10.6 Å². The summed E-state index contributed by atoms with van der Waals surface area (Å²) in [5, 5.41) is 5.14. The number of nitrogens with one attached hydrogen (secondary N) is 2. The molecule has 2 N–H and O–H groups in total. The summed E-state index contributed by atoms with van der Waals surface area (Å²) in [7, 11) is 0. The average Bonchev–Trinajstić information content (AvgIpc) is 2.75. The molecule has 1 fully saturated rings. The number of benzene rings is 2. The molecule has 0 spiro atoms. The Morgan fingerprint density at radius 2 is 1.23 bits per heavy atom. The van der Waals surface area contributed by atoms with Crippen LogP contribution in [0.5, 0.6) is 0 Å². The van der Waals surface area contributed by atoms with E-state index < -0.39 is 6.03 Å². The normalized spacial score (nSPS) is 16.4. The summed E-state index contributed by atoms with van der Waals surface area (Å²) in [5.74, 6) is -0.260. The van der Waals surface area contributed by atoms with Gasteiger partial charge in [-0.15, -0.1) is 0 Å². The quantitative estimate of drug-likeness (QED) is 0.771. The highest BCUT2D eigenvalue weighted by molar-refractivity contribution is 5.96. The Hall–Kier alpha value is -2.70. The molecule has 3 amide bonds. The number of nitrogens with zero attached hydrogens (tertiary/aromatic N) is 2. The van der Waals surface area contributed by atoms with Crippen molar-refractivity contribution in [2.45, 2.75) is 38.9 Å². The van der Waals surface area contributed by atoms with Gasteiger partial charge < -0.3 is 5.32 Å². The molecule has 0 bridgehead atoms. The van der Waals surface area contributed by atoms with Gasteiger partial charge in [-0.2, -0.15) is 0 Å². The Kier molecular flexibility index (Phi) is 7.60. The van der Waals surface area contributed by atoms with Crippen LogP contribution in [0.4, 0.5) is 4.79 Å². The maximum absolute atomic E-state index is 12.5. The standard InChI is InChI=1S/C24H32N4O2/c1-18(2)25-24(30)26-23(29)19(3)27-14-16-28(17-15-27)22(20-10-6-4-7-11-20)21-12-8-5-9-13-21/h4-13,18-19,22H,14-17H2,1-3H3,(H2,25,26,29,30)/t19-/m1/s1. The van der Waals surface area contributed by atoms with Gasteiger partial charge in [-0.3, -0.25) is 19.9 Å². The van der Waals surface area contributed by atoms with Crippen molar-refractivity contribution in [2.24, 2.45) is 0 Å². The molecule has 6 nitrogen and oxygen atoms in total. The zero-order chi connectivity index (χ0) is 21.5. The summed E-state index contributed by atoms with van der Waals surface area (Å²) >= 11 is 0. The van der Waals surface area contributed by atoms with Crippen LogP contribution in [0.1, 0.15) is 37.9 Å². The molecule has 0 aliphatic carbocycles. The van der Waals surface area contributed by atoms with E-state index in [0.29, 0.717) is 0 Å². The molecular weight excluding hydrogens is 376 g/mol. The van der Waals surface area contributed by atoms with Gasteiger partial charge in [-0.1, -0.05) is 60.7 Å². The molecule has 0 radical (unpaired) electrons. The SMILES string of the molecule is CC(C)NC(=O)NC(=O)[C@@H](C)N1CCN(C(c2ccccc2)c2ccccc2)CC1. The van der Waals surface area contributed by atoms with Crippen molar-refractivity contribution in [1.29, 1.82) is 0 Å². The zero-order valence-electron chi connectivity index (χ0n) is 18.0. The van der Waals surface area contributed by atoms with Crippen LogP contribution >= 0.6 is 0 Å². The lowest BCUT2D eigenvalue weighted by atomic mass is 9.96. The lowest BCUT2D eigenvalue weighted by Gasteiger charge is -2.41. The highest BCUT2D eigenvalue weighted by atomic mass is 16.2. The molecule has 1 heterocycles. The van der Waals surface area contributed by atoms with Crippen molar-refractivity contribution < 1.29 is 9.59 Å². The Morgan fingerprint density at radius 1 is 0.767 bits per heavy atom. The highest BCUT2D eigenvalue weighted by Crippen LogP contribution is 2.29. The van der Waals surface area contributed by atoms with E-state index in [1.807, 2.05) is 32.9 Å². The predicted molar refractivity (Wildman–Crippen MR) is 119 cm³/mol. The second-order valence-corrected chi connectivity index (χ2v) is 8.09. The predicted octanol–water partition coefficient (Wildman–Crippen LogP) is 3.02. The van der Waals surface area contributed by atoms with Crippen LogP contribution in [0.15, 0.2) is 60.7 Å². The van der Waals surface area contributed by atoms with E-state index in [9.17, 15) is 9.59 Å². The Balaban J connectivity index is 1.64. The highest BCUT2D eigenvalue weighted by Gasteiger charge is 2.30. The summed E-state index contributed by atoms with van der Waals surface area (Å²) in [4.78, 5) is 28.9. The lowest BCUT2D eigenvalue weighted by molar-refractivity contribution is -0.125. The Labute approximate surface area is 179 Å². The largest absolute Gasteiger partial charge is 0.336 e. The molecule has 2 aromatic carbocycles. The molecule has 0 saturated carbocycles. The smallest absolute Gasteiger partial charge is 0.321 e. The second-order valence-electron chi connectivity index (χ2n) is 8.09. The van der Waals surface area contributed by atoms with Gasteiger partial charge in [-0.25, -0.2) is 4.79 Å². The fraction of sp³-hybridized carbons (Fsp3) is 0.417.